The highest BCUT2D eigenvalue weighted by Gasteiger charge is 2.39. The van der Waals surface area contributed by atoms with Crippen molar-refractivity contribution in [1.29, 1.82) is 0 Å². The molecule has 0 aromatic heterocycles. The zero-order valence-corrected chi connectivity index (χ0v) is 21.1. The Morgan fingerprint density at radius 1 is 0.861 bits per heavy atom. The van der Waals surface area contributed by atoms with Crippen LogP contribution >= 0.6 is 0 Å². The zero-order chi connectivity index (χ0) is 25.0. The van der Waals surface area contributed by atoms with Gasteiger partial charge >= 0.3 is 0 Å². The lowest BCUT2D eigenvalue weighted by Crippen LogP contribution is -2.46. The Bertz CT molecular complexity index is 1070. The molecule has 2 aromatic rings. The Morgan fingerprint density at radius 2 is 1.53 bits per heavy atom. The van der Waals surface area contributed by atoms with Crippen molar-refractivity contribution in [3.05, 3.63) is 60.2 Å². The fourth-order valence-corrected chi connectivity index (χ4v) is 6.09. The number of hydrogen-bond donors (Lipinski definition) is 1. The number of hydrogen-bond acceptors (Lipinski definition) is 3. The molecule has 0 spiro atoms. The van der Waals surface area contributed by atoms with Crippen LogP contribution in [0.5, 0.6) is 0 Å². The van der Waals surface area contributed by atoms with Crippen LogP contribution < -0.4 is 5.32 Å². The third-order valence-corrected chi connectivity index (χ3v) is 8.27. The normalized spacial score (nSPS) is 22.6. The standard InChI is InChI=1S/C30H37N3O3/c34-27-12-16-30(31-27,22-23-8-10-25(11-9-23)24-6-2-1-3-7-24)17-13-28(35)32-20-14-26(15-21-32)29(36)33-18-4-5-19-33/h1-3,6-11,26H,4-5,12-22H2,(H,31,34)/t30-/m1/s1. The van der Waals surface area contributed by atoms with Crippen molar-refractivity contribution in [3.8, 4) is 11.1 Å². The summed E-state index contributed by atoms with van der Waals surface area (Å²) in [5.41, 5.74) is 3.16. The van der Waals surface area contributed by atoms with Crippen LogP contribution in [0.2, 0.25) is 0 Å². The fourth-order valence-electron chi connectivity index (χ4n) is 6.09. The SMILES string of the molecule is O=C1CC[C@@](CCC(=O)N2CCC(C(=O)N3CCCC3)CC2)(Cc2ccc(-c3ccccc3)cc2)N1. The number of likely N-dealkylation sites (tertiary alicyclic amines) is 2. The van der Waals surface area contributed by atoms with Gasteiger partial charge in [0, 0.05) is 50.5 Å². The molecular weight excluding hydrogens is 450 g/mol. The lowest BCUT2D eigenvalue weighted by molar-refractivity contribution is -0.140. The Morgan fingerprint density at radius 3 is 2.17 bits per heavy atom. The molecule has 3 heterocycles. The molecule has 3 amide bonds. The molecule has 0 radical (unpaired) electrons. The summed E-state index contributed by atoms with van der Waals surface area (Å²) < 4.78 is 0. The van der Waals surface area contributed by atoms with Gasteiger partial charge in [-0.3, -0.25) is 14.4 Å². The van der Waals surface area contributed by atoms with E-state index < -0.39 is 0 Å². The molecule has 1 N–H and O–H groups in total. The molecule has 190 valence electrons. The molecule has 36 heavy (non-hydrogen) atoms. The van der Waals surface area contributed by atoms with E-state index >= 15 is 0 Å². The van der Waals surface area contributed by atoms with Gasteiger partial charge in [-0.25, -0.2) is 0 Å². The van der Waals surface area contributed by atoms with Gasteiger partial charge in [0.1, 0.15) is 0 Å². The van der Waals surface area contributed by atoms with Crippen LogP contribution in [-0.4, -0.2) is 59.2 Å². The van der Waals surface area contributed by atoms with Crippen molar-refractivity contribution in [1.82, 2.24) is 15.1 Å². The maximum absolute atomic E-state index is 13.1. The lowest BCUT2D eigenvalue weighted by atomic mass is 9.84. The van der Waals surface area contributed by atoms with Crippen LogP contribution in [0.15, 0.2) is 54.6 Å². The molecule has 5 rings (SSSR count). The molecule has 0 saturated carbocycles. The van der Waals surface area contributed by atoms with Crippen molar-refractivity contribution in [2.45, 2.75) is 63.3 Å². The van der Waals surface area contributed by atoms with E-state index in [2.05, 4.69) is 41.7 Å². The minimum absolute atomic E-state index is 0.0615. The molecule has 3 aliphatic heterocycles. The van der Waals surface area contributed by atoms with Crippen molar-refractivity contribution in [3.63, 3.8) is 0 Å². The van der Waals surface area contributed by atoms with Gasteiger partial charge in [-0.2, -0.15) is 0 Å². The predicted molar refractivity (Wildman–Crippen MR) is 140 cm³/mol. The first kappa shape index (κ1) is 24.5. The zero-order valence-electron chi connectivity index (χ0n) is 21.1. The van der Waals surface area contributed by atoms with E-state index in [0.29, 0.717) is 32.4 Å². The van der Waals surface area contributed by atoms with E-state index in [4.69, 9.17) is 0 Å². The van der Waals surface area contributed by atoms with Gasteiger partial charge in [-0.1, -0.05) is 54.6 Å². The van der Waals surface area contributed by atoms with E-state index in [1.165, 1.54) is 16.7 Å². The summed E-state index contributed by atoms with van der Waals surface area (Å²) in [6, 6.07) is 18.8. The molecule has 6 heteroatoms. The Hall–Kier alpha value is -3.15. The molecule has 0 bridgehead atoms. The molecular formula is C30H37N3O3. The highest BCUT2D eigenvalue weighted by Crippen LogP contribution is 2.31. The third kappa shape index (κ3) is 5.63. The number of piperidine rings is 1. The average Bonchev–Trinajstić information content (AvgIpc) is 3.59. The maximum Gasteiger partial charge on any atom is 0.225 e. The van der Waals surface area contributed by atoms with Gasteiger partial charge in [-0.15, -0.1) is 0 Å². The van der Waals surface area contributed by atoms with Crippen LogP contribution in [0.4, 0.5) is 0 Å². The van der Waals surface area contributed by atoms with Crippen LogP contribution in [0.3, 0.4) is 0 Å². The molecule has 3 saturated heterocycles. The molecule has 0 aliphatic carbocycles. The van der Waals surface area contributed by atoms with Crippen LogP contribution in [0, 0.1) is 5.92 Å². The molecule has 6 nitrogen and oxygen atoms in total. The number of benzene rings is 2. The van der Waals surface area contributed by atoms with Gasteiger partial charge in [0.05, 0.1) is 0 Å². The van der Waals surface area contributed by atoms with E-state index in [9.17, 15) is 14.4 Å². The van der Waals surface area contributed by atoms with E-state index in [0.717, 1.165) is 51.6 Å². The van der Waals surface area contributed by atoms with E-state index in [-0.39, 0.29) is 29.2 Å². The minimum Gasteiger partial charge on any atom is -0.350 e. The highest BCUT2D eigenvalue weighted by molar-refractivity contribution is 5.81. The first-order chi connectivity index (χ1) is 17.5. The molecule has 1 atom stereocenters. The second kappa shape index (κ2) is 10.9. The first-order valence-electron chi connectivity index (χ1n) is 13.5. The number of carbonyl (C=O) groups excluding carboxylic acids is 3. The molecule has 3 fully saturated rings. The Balaban J connectivity index is 1.16. The fraction of sp³-hybridized carbons (Fsp3) is 0.500. The maximum atomic E-state index is 13.1. The average molecular weight is 488 g/mol. The lowest BCUT2D eigenvalue weighted by Gasteiger charge is -2.34. The van der Waals surface area contributed by atoms with Gasteiger partial charge in [0.2, 0.25) is 17.7 Å². The molecule has 0 unspecified atom stereocenters. The topological polar surface area (TPSA) is 69.7 Å². The predicted octanol–water partition coefficient (Wildman–Crippen LogP) is 4.19. The second-order valence-electron chi connectivity index (χ2n) is 10.8. The molecule has 2 aromatic carbocycles. The van der Waals surface area contributed by atoms with E-state index in [1.54, 1.807) is 0 Å². The quantitative estimate of drug-likeness (QED) is 0.637. The first-order valence-corrected chi connectivity index (χ1v) is 13.5. The van der Waals surface area contributed by atoms with E-state index in [1.807, 2.05) is 28.0 Å². The summed E-state index contributed by atoms with van der Waals surface area (Å²) in [6.07, 6.45) is 6.81. The van der Waals surface area contributed by atoms with Gasteiger partial charge in [0.15, 0.2) is 0 Å². The van der Waals surface area contributed by atoms with Crippen molar-refractivity contribution >= 4 is 17.7 Å². The van der Waals surface area contributed by atoms with Crippen LogP contribution in [0.25, 0.3) is 11.1 Å². The number of carbonyl (C=O) groups is 3. The van der Waals surface area contributed by atoms with Crippen LogP contribution in [0.1, 0.15) is 56.9 Å². The summed E-state index contributed by atoms with van der Waals surface area (Å²) in [5, 5.41) is 3.21. The Kier molecular flexibility index (Phi) is 7.40. The number of rotatable bonds is 7. The van der Waals surface area contributed by atoms with Crippen LogP contribution in [-0.2, 0) is 20.8 Å². The summed E-state index contributed by atoms with van der Waals surface area (Å²) >= 11 is 0. The van der Waals surface area contributed by atoms with Crippen molar-refractivity contribution < 1.29 is 14.4 Å². The summed E-state index contributed by atoms with van der Waals surface area (Å²) in [4.78, 5) is 41.9. The second-order valence-corrected chi connectivity index (χ2v) is 10.8. The number of nitrogens with one attached hydrogen (secondary N) is 1. The third-order valence-electron chi connectivity index (χ3n) is 8.27. The highest BCUT2D eigenvalue weighted by atomic mass is 16.2. The van der Waals surface area contributed by atoms with Gasteiger partial charge in [0.25, 0.3) is 0 Å². The monoisotopic (exact) mass is 487 g/mol. The summed E-state index contributed by atoms with van der Waals surface area (Å²) in [6.45, 7) is 3.09. The summed E-state index contributed by atoms with van der Waals surface area (Å²) in [7, 11) is 0. The smallest absolute Gasteiger partial charge is 0.225 e. The van der Waals surface area contributed by atoms with Gasteiger partial charge in [-0.05, 0) is 61.6 Å². The number of amides is 3. The largest absolute Gasteiger partial charge is 0.350 e. The molecule has 3 aliphatic rings. The van der Waals surface area contributed by atoms with Crippen molar-refractivity contribution in [2.75, 3.05) is 26.2 Å². The Labute approximate surface area is 214 Å². The summed E-state index contributed by atoms with van der Waals surface area (Å²) in [5.74, 6) is 0.559. The van der Waals surface area contributed by atoms with Crippen molar-refractivity contribution in [2.24, 2.45) is 5.92 Å². The van der Waals surface area contributed by atoms with Gasteiger partial charge < -0.3 is 15.1 Å². The minimum atomic E-state index is -0.370. The number of nitrogens with zero attached hydrogens (tertiary/aromatic N) is 2.